The molecule has 1 aliphatic rings. The van der Waals surface area contributed by atoms with E-state index >= 15 is 0 Å². The number of carbonyl (C=O) groups is 1. The molecule has 0 bridgehead atoms. The molecule has 0 aromatic heterocycles. The molecule has 0 radical (unpaired) electrons. The fourth-order valence-electron chi connectivity index (χ4n) is 3.11. The molecule has 1 rings (SSSR count). The third kappa shape index (κ3) is 5.08. The van der Waals surface area contributed by atoms with Crippen molar-refractivity contribution in [2.45, 2.75) is 66.7 Å². The number of hydrogen-bond donors (Lipinski definition) is 0. The van der Waals surface area contributed by atoms with Crippen LogP contribution in [0.5, 0.6) is 0 Å². The molecule has 0 atom stereocenters. The Kier molecular flexibility index (Phi) is 7.50. The highest BCUT2D eigenvalue weighted by Crippen LogP contribution is 2.28. The summed E-state index contributed by atoms with van der Waals surface area (Å²) in [6.07, 6.45) is 8.51. The van der Waals surface area contributed by atoms with Crippen LogP contribution in [0.3, 0.4) is 0 Å². The molecule has 0 spiro atoms. The lowest BCUT2D eigenvalue weighted by molar-refractivity contribution is -0.104. The van der Waals surface area contributed by atoms with E-state index in [1.54, 1.807) is 7.05 Å². The number of allylic oxidation sites excluding steroid dienone is 6. The molecule has 0 fully saturated rings. The highest BCUT2D eigenvalue weighted by molar-refractivity contribution is 6.16. The fraction of sp³-hybridized carbons (Fsp3) is 0.600. The molecule has 0 aromatic carbocycles. The van der Waals surface area contributed by atoms with Crippen molar-refractivity contribution in [2.24, 2.45) is 10.9 Å². The van der Waals surface area contributed by atoms with Gasteiger partial charge in [0, 0.05) is 24.8 Å². The molecule has 0 unspecified atom stereocenters. The van der Waals surface area contributed by atoms with Gasteiger partial charge >= 0.3 is 0 Å². The summed E-state index contributed by atoms with van der Waals surface area (Å²) in [5.74, 6) is 0.553. The van der Waals surface area contributed by atoms with Crippen LogP contribution in [0.2, 0.25) is 0 Å². The second-order valence-corrected chi connectivity index (χ2v) is 6.76. The van der Waals surface area contributed by atoms with E-state index in [0.29, 0.717) is 5.92 Å². The van der Waals surface area contributed by atoms with Crippen LogP contribution in [0.15, 0.2) is 38.9 Å². The summed E-state index contributed by atoms with van der Waals surface area (Å²) < 4.78 is 0. The summed E-state index contributed by atoms with van der Waals surface area (Å²) in [5.41, 5.74) is 7.09. The first-order chi connectivity index (χ1) is 10.4. The zero-order valence-corrected chi connectivity index (χ0v) is 15.1. The van der Waals surface area contributed by atoms with Crippen molar-refractivity contribution in [3.8, 4) is 0 Å². The molecule has 0 N–H and O–H groups in total. The van der Waals surface area contributed by atoms with Gasteiger partial charge in [0.25, 0.3) is 0 Å². The largest absolute Gasteiger partial charge is 0.298 e. The third-order valence-corrected chi connectivity index (χ3v) is 4.51. The normalized spacial score (nSPS) is 18.1. The average Bonchev–Trinajstić information content (AvgIpc) is 2.61. The number of carbonyl (C=O) groups excluding carboxylic acids is 1. The van der Waals surface area contributed by atoms with Crippen molar-refractivity contribution in [1.29, 1.82) is 0 Å². The van der Waals surface area contributed by atoms with Crippen molar-refractivity contribution in [3.63, 3.8) is 0 Å². The fourth-order valence-corrected chi connectivity index (χ4v) is 3.11. The monoisotopic (exact) mass is 301 g/mol. The molecule has 122 valence electrons. The number of nitrogens with zero attached hydrogens (tertiary/aromatic N) is 1. The molecule has 0 saturated carbocycles. The molecular formula is C20H31NO. The van der Waals surface area contributed by atoms with Gasteiger partial charge in [-0.2, -0.15) is 0 Å². The van der Waals surface area contributed by atoms with E-state index in [1.807, 2.05) is 0 Å². The summed E-state index contributed by atoms with van der Waals surface area (Å²) in [5, 5.41) is 0. The van der Waals surface area contributed by atoms with Crippen LogP contribution in [0.4, 0.5) is 0 Å². The number of aldehydes is 1. The first-order valence-electron chi connectivity index (χ1n) is 8.37. The van der Waals surface area contributed by atoms with Crippen molar-refractivity contribution in [1.82, 2.24) is 0 Å². The van der Waals surface area contributed by atoms with E-state index in [1.165, 1.54) is 23.1 Å². The molecular weight excluding hydrogens is 270 g/mol. The first kappa shape index (κ1) is 18.6. The minimum absolute atomic E-state index is 0.553. The maximum Gasteiger partial charge on any atom is 0.151 e. The predicted molar refractivity (Wildman–Crippen MR) is 96.5 cm³/mol. The smallest absolute Gasteiger partial charge is 0.151 e. The zero-order valence-electron chi connectivity index (χ0n) is 15.1. The Hall–Kier alpha value is -1.44. The Morgan fingerprint density at radius 3 is 2.59 bits per heavy atom. The molecule has 0 aromatic rings. The van der Waals surface area contributed by atoms with Crippen molar-refractivity contribution >= 4 is 12.0 Å². The Morgan fingerprint density at radius 1 is 1.36 bits per heavy atom. The second-order valence-electron chi connectivity index (χ2n) is 6.76. The Morgan fingerprint density at radius 2 is 2.05 bits per heavy atom. The molecule has 0 amide bonds. The Labute approximate surface area is 136 Å². The highest BCUT2D eigenvalue weighted by Gasteiger charge is 2.15. The minimum atomic E-state index is 0.553. The summed E-state index contributed by atoms with van der Waals surface area (Å²) in [6.45, 7) is 10.8. The van der Waals surface area contributed by atoms with Crippen LogP contribution in [-0.4, -0.2) is 19.0 Å². The van der Waals surface area contributed by atoms with E-state index in [2.05, 4.69) is 45.7 Å². The van der Waals surface area contributed by atoms with E-state index in [4.69, 9.17) is 0 Å². The lowest BCUT2D eigenvalue weighted by atomic mass is 9.91. The van der Waals surface area contributed by atoms with Gasteiger partial charge in [0.1, 0.15) is 0 Å². The van der Waals surface area contributed by atoms with Crippen LogP contribution in [0, 0.1) is 5.92 Å². The SMILES string of the molecule is C/N=C(CC1=C(C)C(C)=CCCC1)\C(C=O)=C(/C)CC(C)C. The Bertz CT molecular complexity index is 530. The lowest BCUT2D eigenvalue weighted by Gasteiger charge is -2.15. The molecule has 1 aliphatic carbocycles. The van der Waals surface area contributed by atoms with Crippen molar-refractivity contribution < 1.29 is 4.79 Å². The van der Waals surface area contributed by atoms with Gasteiger partial charge in [-0.15, -0.1) is 0 Å². The summed E-state index contributed by atoms with van der Waals surface area (Å²) in [6, 6.07) is 0. The standard InChI is InChI=1S/C20H31NO/c1-14(2)11-16(4)19(13-22)20(21-6)12-18-10-8-7-9-15(3)17(18)5/h9,13-14H,7-8,10-12H2,1-6H3/b19-16+,21-20-. The van der Waals surface area contributed by atoms with E-state index in [0.717, 1.165) is 48.8 Å². The molecule has 0 aliphatic heterocycles. The molecule has 0 heterocycles. The maximum absolute atomic E-state index is 11.6. The summed E-state index contributed by atoms with van der Waals surface area (Å²) in [4.78, 5) is 16.1. The molecule has 22 heavy (non-hydrogen) atoms. The summed E-state index contributed by atoms with van der Waals surface area (Å²) >= 11 is 0. The number of hydrogen-bond acceptors (Lipinski definition) is 2. The van der Waals surface area contributed by atoms with Crippen molar-refractivity contribution in [2.75, 3.05) is 7.05 Å². The van der Waals surface area contributed by atoms with E-state index < -0.39 is 0 Å². The van der Waals surface area contributed by atoms with Gasteiger partial charge in [-0.25, -0.2) is 0 Å². The lowest BCUT2D eigenvalue weighted by Crippen LogP contribution is -2.10. The van der Waals surface area contributed by atoms with Crippen molar-refractivity contribution in [3.05, 3.63) is 33.9 Å². The molecule has 2 nitrogen and oxygen atoms in total. The van der Waals surface area contributed by atoms with E-state index in [9.17, 15) is 4.79 Å². The van der Waals surface area contributed by atoms with Crippen LogP contribution in [0.25, 0.3) is 0 Å². The van der Waals surface area contributed by atoms with Gasteiger partial charge in [-0.1, -0.05) is 36.6 Å². The average molecular weight is 301 g/mol. The predicted octanol–water partition coefficient (Wildman–Crippen LogP) is 5.46. The van der Waals surface area contributed by atoms with E-state index in [-0.39, 0.29) is 0 Å². The van der Waals surface area contributed by atoms with Gasteiger partial charge in [0.05, 0.1) is 0 Å². The first-order valence-corrected chi connectivity index (χ1v) is 8.37. The van der Waals surface area contributed by atoms with Gasteiger partial charge in [0.15, 0.2) is 6.29 Å². The van der Waals surface area contributed by atoms with Gasteiger partial charge in [-0.05, 0) is 57.9 Å². The van der Waals surface area contributed by atoms with Gasteiger partial charge < -0.3 is 0 Å². The molecule has 2 heteroatoms. The van der Waals surface area contributed by atoms with Crippen LogP contribution in [0.1, 0.15) is 66.7 Å². The second kappa shape index (κ2) is 8.87. The topological polar surface area (TPSA) is 29.4 Å². The van der Waals surface area contributed by atoms with Gasteiger partial charge in [-0.3, -0.25) is 9.79 Å². The zero-order chi connectivity index (χ0) is 16.7. The van der Waals surface area contributed by atoms with Crippen LogP contribution in [-0.2, 0) is 4.79 Å². The van der Waals surface area contributed by atoms with Crippen LogP contribution < -0.4 is 0 Å². The minimum Gasteiger partial charge on any atom is -0.298 e. The Balaban J connectivity index is 3.09. The number of aliphatic imine (C=N–C) groups is 1. The molecule has 0 saturated heterocycles. The van der Waals surface area contributed by atoms with Crippen LogP contribution >= 0.6 is 0 Å². The third-order valence-electron chi connectivity index (χ3n) is 4.51. The number of rotatable bonds is 6. The summed E-state index contributed by atoms with van der Waals surface area (Å²) in [7, 11) is 1.80. The maximum atomic E-state index is 11.6. The quantitative estimate of drug-likeness (QED) is 0.364. The highest BCUT2D eigenvalue weighted by atomic mass is 16.1. The van der Waals surface area contributed by atoms with Gasteiger partial charge in [0.2, 0.25) is 0 Å².